The zero-order valence-corrected chi connectivity index (χ0v) is 13.3. The molecule has 0 unspecified atom stereocenters. The molecule has 0 aromatic rings. The first-order chi connectivity index (χ1) is 4.00. The van der Waals surface area contributed by atoms with Crippen LogP contribution in [0.1, 0.15) is 0 Å². The number of hydrogen-bond donors (Lipinski definition) is 1. The number of primary amides is 1. The molecule has 0 spiro atoms. The number of carbonyl (C=O) groups excluding carboxylic acids is 2. The summed E-state index contributed by atoms with van der Waals surface area (Å²) in [6.45, 7) is 0. The summed E-state index contributed by atoms with van der Waals surface area (Å²) in [6.07, 6.45) is -2.33. The summed E-state index contributed by atoms with van der Waals surface area (Å²) in [4.78, 5) is 17.8. The fourth-order valence-corrected chi connectivity index (χ4v) is 0. The van der Waals surface area contributed by atoms with Crippen LogP contribution in [0.2, 0.25) is 0 Å². The van der Waals surface area contributed by atoms with Crippen LogP contribution in [-0.2, 0) is 4.79 Å². The van der Waals surface area contributed by atoms with Crippen molar-refractivity contribution in [2.24, 2.45) is 5.73 Å². The smallest absolute Gasteiger partial charge is 0.652 e. The summed E-state index contributed by atoms with van der Waals surface area (Å²) in [5.74, 6) is -0.563. The minimum absolute atomic E-state index is 0. The minimum Gasteiger partial charge on any atom is -0.652 e. The molecule has 54 valence electrons. The van der Waals surface area contributed by atoms with Gasteiger partial charge in [0.15, 0.2) is 0 Å². The van der Waals surface area contributed by atoms with Gasteiger partial charge in [0.05, 0.1) is 0 Å². The Morgan fingerprint density at radius 3 is 1.36 bits per heavy atom. The maximum absolute atomic E-state index is 9.46. The van der Waals surface area contributed by atoms with Gasteiger partial charge in [-0.2, -0.15) is 0 Å². The second-order valence-electron chi connectivity index (χ2n) is 0.850. The fraction of sp³-hybridized carbons (Fsp3) is 0.333. The molecule has 0 aliphatic heterocycles. The van der Waals surface area contributed by atoms with E-state index in [1.165, 1.54) is 0 Å². The minimum atomic E-state index is -2.33. The molecule has 0 aromatic heterocycles. The summed E-state index contributed by atoms with van der Waals surface area (Å²) in [7, 11) is 0. The summed E-state index contributed by atoms with van der Waals surface area (Å²) < 4.78 is 0. The number of amides is 1. The third kappa shape index (κ3) is 70.5. The third-order valence-electron chi connectivity index (χ3n) is 0.132. The largest absolute Gasteiger partial charge is 1.00 e. The Morgan fingerprint density at radius 1 is 1.27 bits per heavy atom. The van der Waals surface area contributed by atoms with Crippen LogP contribution in [0, 0.1) is 0 Å². The Bertz CT molecular complexity index is 108. The molecule has 0 saturated heterocycles. The number of halogens is 1. The van der Waals surface area contributed by atoms with Gasteiger partial charge in [-0.25, -0.2) is 0 Å². The fourth-order valence-electron chi connectivity index (χ4n) is 0. The van der Waals surface area contributed by atoms with Gasteiger partial charge in [-0.3, -0.25) is 4.79 Å². The van der Waals surface area contributed by atoms with E-state index in [4.69, 9.17) is 26.6 Å². The number of carbonyl (C=O) groups is 2. The molecule has 0 fully saturated rings. The number of carboxylic acid groups (broad SMARTS) is 2. The van der Waals surface area contributed by atoms with E-state index in [0.717, 1.165) is 0 Å². The second kappa shape index (κ2) is 18.2. The zero-order valence-electron chi connectivity index (χ0n) is 6.30. The molecule has 0 atom stereocenters. The van der Waals surface area contributed by atoms with Gasteiger partial charge < -0.3 is 20.7 Å². The molecule has 8 heteroatoms. The first-order valence-electron chi connectivity index (χ1n) is 1.73. The SMILES string of the molecule is NC(=O)CCl.O=C([O-])[O-].[K+].[K+]. The summed E-state index contributed by atoms with van der Waals surface area (Å²) in [5, 5.41) is 16.7. The van der Waals surface area contributed by atoms with Crippen LogP contribution in [0.5, 0.6) is 0 Å². The van der Waals surface area contributed by atoms with Crippen molar-refractivity contribution in [2.75, 3.05) is 5.88 Å². The van der Waals surface area contributed by atoms with Crippen LogP contribution < -0.4 is 119 Å². The second-order valence-corrected chi connectivity index (χ2v) is 1.12. The van der Waals surface area contributed by atoms with E-state index in [-0.39, 0.29) is 109 Å². The zero-order chi connectivity index (χ0) is 7.86. The third-order valence-corrected chi connectivity index (χ3v) is 0.395. The van der Waals surface area contributed by atoms with E-state index < -0.39 is 12.1 Å². The van der Waals surface area contributed by atoms with E-state index >= 15 is 0 Å². The molecule has 0 aromatic carbocycles. The number of alkyl halides is 1. The monoisotopic (exact) mass is 231 g/mol. The maximum atomic E-state index is 9.46. The van der Waals surface area contributed by atoms with Crippen LogP contribution >= 0.6 is 11.6 Å². The number of rotatable bonds is 1. The quantitative estimate of drug-likeness (QED) is 0.357. The van der Waals surface area contributed by atoms with Crippen molar-refractivity contribution in [1.82, 2.24) is 0 Å². The average molecular weight is 232 g/mol. The molecule has 1 amide bonds. The molecule has 11 heavy (non-hydrogen) atoms. The van der Waals surface area contributed by atoms with Crippen LogP contribution in [0.25, 0.3) is 0 Å². The topological polar surface area (TPSA) is 106 Å². The predicted octanol–water partition coefficient (Wildman–Crippen LogP) is -8.73. The van der Waals surface area contributed by atoms with Gasteiger partial charge in [-0.1, -0.05) is 0 Å². The Kier molecular flexibility index (Phi) is 38.4. The Hall–Kier alpha value is 2.30. The molecule has 0 bridgehead atoms. The van der Waals surface area contributed by atoms with E-state index in [9.17, 15) is 4.79 Å². The Labute approximate surface area is 154 Å². The van der Waals surface area contributed by atoms with Gasteiger partial charge in [0, 0.05) is 0 Å². The van der Waals surface area contributed by atoms with Gasteiger partial charge in [0.1, 0.15) is 5.88 Å². The van der Waals surface area contributed by atoms with E-state index in [1.807, 2.05) is 0 Å². The van der Waals surface area contributed by atoms with Gasteiger partial charge in [0.25, 0.3) is 0 Å². The predicted molar refractivity (Wildman–Crippen MR) is 25.3 cm³/mol. The first kappa shape index (κ1) is 23.3. The molecule has 0 saturated carbocycles. The van der Waals surface area contributed by atoms with Crippen LogP contribution in [-0.4, -0.2) is 17.9 Å². The average Bonchev–Trinajstić information content (AvgIpc) is 1.65. The van der Waals surface area contributed by atoms with E-state index in [0.29, 0.717) is 0 Å². The normalized spacial score (nSPS) is 5.55. The van der Waals surface area contributed by atoms with E-state index in [1.54, 1.807) is 0 Å². The van der Waals surface area contributed by atoms with Gasteiger partial charge >= 0.3 is 103 Å². The van der Waals surface area contributed by atoms with E-state index in [2.05, 4.69) is 5.73 Å². The summed E-state index contributed by atoms with van der Waals surface area (Å²) >= 11 is 4.86. The first-order valence-corrected chi connectivity index (χ1v) is 2.26. The van der Waals surface area contributed by atoms with Crippen LogP contribution in [0.15, 0.2) is 0 Å². The Balaban J connectivity index is -0.0000000383. The van der Waals surface area contributed by atoms with Crippen molar-refractivity contribution in [2.45, 2.75) is 0 Å². The van der Waals surface area contributed by atoms with Crippen LogP contribution in [0.3, 0.4) is 0 Å². The van der Waals surface area contributed by atoms with Gasteiger partial charge in [-0.05, 0) is 6.16 Å². The van der Waals surface area contributed by atoms with Gasteiger partial charge in [-0.15, -0.1) is 11.6 Å². The molecular weight excluding hydrogens is 228 g/mol. The van der Waals surface area contributed by atoms with Crippen molar-refractivity contribution in [3.8, 4) is 0 Å². The molecule has 5 nitrogen and oxygen atoms in total. The van der Waals surface area contributed by atoms with Crippen molar-refractivity contribution in [1.29, 1.82) is 0 Å². The van der Waals surface area contributed by atoms with Gasteiger partial charge in [0.2, 0.25) is 5.91 Å². The van der Waals surface area contributed by atoms with Crippen molar-refractivity contribution in [3.05, 3.63) is 0 Å². The number of hydrogen-bond acceptors (Lipinski definition) is 4. The molecule has 0 aliphatic rings. The molecule has 0 aliphatic carbocycles. The molecule has 2 N–H and O–H groups in total. The van der Waals surface area contributed by atoms with Crippen molar-refractivity contribution >= 4 is 23.7 Å². The molecular formula is C3H4ClK2NO4. The summed E-state index contributed by atoms with van der Waals surface area (Å²) in [6, 6.07) is 0. The van der Waals surface area contributed by atoms with Crippen LogP contribution in [0.4, 0.5) is 4.79 Å². The van der Waals surface area contributed by atoms with Crippen molar-refractivity contribution < 1.29 is 123 Å². The maximum Gasteiger partial charge on any atom is 1.00 e. The molecule has 0 radical (unpaired) electrons. The Morgan fingerprint density at radius 2 is 1.36 bits per heavy atom. The standard InChI is InChI=1S/C2H4ClNO.CH2O3.2K/c3-1-2(4)5;2-1(3)4;;/h1H2,(H2,4,5);(H2,2,3,4);;/q;;2*+1/p-2. The number of nitrogens with two attached hydrogens (primary N) is 1. The molecule has 0 heterocycles. The summed E-state index contributed by atoms with van der Waals surface area (Å²) in [5.41, 5.74) is 4.52. The molecule has 0 rings (SSSR count). The van der Waals surface area contributed by atoms with Crippen molar-refractivity contribution in [3.63, 3.8) is 0 Å².